The third kappa shape index (κ3) is 3.55. The van der Waals surface area contributed by atoms with Crippen molar-refractivity contribution in [2.45, 2.75) is 40.2 Å². The summed E-state index contributed by atoms with van der Waals surface area (Å²) >= 11 is 1.46. The number of carbonyl (C=O) groups is 2. The molecule has 32 heavy (non-hydrogen) atoms. The number of aromatic nitrogens is 3. The summed E-state index contributed by atoms with van der Waals surface area (Å²) in [4.78, 5) is 47.8. The van der Waals surface area contributed by atoms with E-state index in [1.807, 2.05) is 45.0 Å². The van der Waals surface area contributed by atoms with Gasteiger partial charge in [-0.15, -0.1) is 11.3 Å². The summed E-state index contributed by atoms with van der Waals surface area (Å²) in [6, 6.07) is 7.50. The third-order valence-corrected chi connectivity index (χ3v) is 7.03. The van der Waals surface area contributed by atoms with Crippen LogP contribution in [0.15, 0.2) is 35.5 Å². The molecule has 3 heterocycles. The van der Waals surface area contributed by atoms with E-state index in [0.717, 1.165) is 27.9 Å². The number of nitriles is 1. The van der Waals surface area contributed by atoms with E-state index in [1.54, 1.807) is 6.20 Å². The van der Waals surface area contributed by atoms with E-state index in [2.05, 4.69) is 9.97 Å². The van der Waals surface area contributed by atoms with Crippen LogP contribution in [0.1, 0.15) is 39.7 Å². The van der Waals surface area contributed by atoms with E-state index in [1.165, 1.54) is 22.2 Å². The number of benzene rings is 1. The highest BCUT2D eigenvalue weighted by molar-refractivity contribution is 7.18. The molecule has 0 aliphatic rings. The molecule has 7 nitrogen and oxygen atoms in total. The van der Waals surface area contributed by atoms with Crippen molar-refractivity contribution in [1.29, 1.82) is 5.26 Å². The summed E-state index contributed by atoms with van der Waals surface area (Å²) in [6.45, 7) is 5.90. The number of Topliss-reactive ketones (excluding diaryl/α,β-unsaturated/α-hetero) is 2. The smallest absolute Gasteiger partial charge is 0.262 e. The molecule has 0 bridgehead atoms. The van der Waals surface area contributed by atoms with Crippen molar-refractivity contribution in [2.24, 2.45) is 5.92 Å². The van der Waals surface area contributed by atoms with Crippen LogP contribution in [0.5, 0.6) is 0 Å². The fourth-order valence-electron chi connectivity index (χ4n) is 3.95. The number of thiophene rings is 1. The third-order valence-electron chi connectivity index (χ3n) is 5.92. The fraction of sp³-hybridized carbons (Fsp3) is 0.292. The number of aromatic amines is 1. The molecule has 4 aromatic rings. The van der Waals surface area contributed by atoms with Crippen LogP contribution in [0.25, 0.3) is 21.1 Å². The first-order valence-electron chi connectivity index (χ1n) is 10.4. The lowest BCUT2D eigenvalue weighted by atomic mass is 9.92. The number of carbonyl (C=O) groups excluding carboxylic acids is 2. The van der Waals surface area contributed by atoms with Gasteiger partial charge in [0.25, 0.3) is 5.56 Å². The Kier molecular flexibility index (Phi) is 5.76. The standard InChI is InChI=1S/C24H22N4O3S/c1-4-15-6-5-7-16-18(11-26-21(15)16)22(30)17(10-25)19(29)8-9-28-12-27-23-20(24(28)31)13(2)14(3)32-23/h5-7,11-12,17,26H,4,8-9H2,1-3H3/t17-/m1/s1. The summed E-state index contributed by atoms with van der Waals surface area (Å²) in [5.74, 6) is -2.46. The molecule has 1 atom stereocenters. The number of hydrogen-bond acceptors (Lipinski definition) is 6. The first-order chi connectivity index (χ1) is 15.4. The minimum atomic E-state index is -1.42. The first kappa shape index (κ1) is 21.7. The zero-order valence-electron chi connectivity index (χ0n) is 18.1. The van der Waals surface area contributed by atoms with Crippen LogP contribution >= 0.6 is 11.3 Å². The average molecular weight is 447 g/mol. The molecular formula is C24H22N4O3S. The van der Waals surface area contributed by atoms with Gasteiger partial charge in [0.2, 0.25) is 0 Å². The van der Waals surface area contributed by atoms with Crippen LogP contribution in [-0.2, 0) is 17.8 Å². The van der Waals surface area contributed by atoms with E-state index in [9.17, 15) is 19.6 Å². The molecule has 4 rings (SSSR count). The number of aryl methyl sites for hydroxylation is 4. The minimum Gasteiger partial charge on any atom is -0.360 e. The number of fused-ring (bicyclic) bond motifs is 2. The molecule has 0 amide bonds. The molecular weight excluding hydrogens is 424 g/mol. The van der Waals surface area contributed by atoms with Gasteiger partial charge in [-0.3, -0.25) is 19.0 Å². The van der Waals surface area contributed by atoms with Crippen molar-refractivity contribution >= 4 is 44.0 Å². The lowest BCUT2D eigenvalue weighted by Gasteiger charge is -2.09. The number of nitrogens with zero attached hydrogens (tertiary/aromatic N) is 3. The molecule has 0 saturated carbocycles. The highest BCUT2D eigenvalue weighted by atomic mass is 32.1. The Morgan fingerprint density at radius 3 is 2.81 bits per heavy atom. The number of nitrogens with one attached hydrogen (secondary N) is 1. The molecule has 8 heteroatoms. The molecule has 0 saturated heterocycles. The van der Waals surface area contributed by atoms with Gasteiger partial charge in [0.1, 0.15) is 4.83 Å². The Labute approximate surface area is 188 Å². The maximum absolute atomic E-state index is 13.0. The first-order valence-corrected chi connectivity index (χ1v) is 11.2. The van der Waals surface area contributed by atoms with Crippen LogP contribution in [0.2, 0.25) is 0 Å². The number of para-hydroxylation sites is 1. The van der Waals surface area contributed by atoms with Gasteiger partial charge in [0, 0.05) is 40.5 Å². The van der Waals surface area contributed by atoms with Crippen LogP contribution < -0.4 is 5.56 Å². The largest absolute Gasteiger partial charge is 0.360 e. The van der Waals surface area contributed by atoms with Gasteiger partial charge in [-0.2, -0.15) is 5.26 Å². The van der Waals surface area contributed by atoms with E-state index in [-0.39, 0.29) is 18.5 Å². The average Bonchev–Trinajstić information content (AvgIpc) is 3.34. The lowest BCUT2D eigenvalue weighted by molar-refractivity contribution is -0.120. The zero-order valence-corrected chi connectivity index (χ0v) is 18.9. The highest BCUT2D eigenvalue weighted by Crippen LogP contribution is 2.26. The van der Waals surface area contributed by atoms with E-state index < -0.39 is 17.5 Å². The minimum absolute atomic E-state index is 0.0638. The van der Waals surface area contributed by atoms with Crippen molar-refractivity contribution in [1.82, 2.24) is 14.5 Å². The van der Waals surface area contributed by atoms with Crippen molar-refractivity contribution < 1.29 is 9.59 Å². The van der Waals surface area contributed by atoms with E-state index >= 15 is 0 Å². The van der Waals surface area contributed by atoms with E-state index in [4.69, 9.17) is 0 Å². The van der Waals surface area contributed by atoms with Crippen molar-refractivity contribution in [3.8, 4) is 6.07 Å². The van der Waals surface area contributed by atoms with Gasteiger partial charge in [0.05, 0.1) is 17.8 Å². The summed E-state index contributed by atoms with van der Waals surface area (Å²) in [5.41, 5.74) is 2.91. The Balaban J connectivity index is 1.57. The normalized spacial score (nSPS) is 12.2. The molecule has 0 aliphatic carbocycles. The highest BCUT2D eigenvalue weighted by Gasteiger charge is 2.29. The number of hydrogen-bond donors (Lipinski definition) is 1. The van der Waals surface area contributed by atoms with Gasteiger partial charge >= 0.3 is 0 Å². The molecule has 0 aliphatic heterocycles. The Morgan fingerprint density at radius 2 is 2.09 bits per heavy atom. The lowest BCUT2D eigenvalue weighted by Crippen LogP contribution is -2.27. The maximum Gasteiger partial charge on any atom is 0.262 e. The van der Waals surface area contributed by atoms with Gasteiger partial charge in [-0.05, 0) is 31.4 Å². The van der Waals surface area contributed by atoms with Crippen molar-refractivity contribution in [2.75, 3.05) is 0 Å². The molecule has 1 aromatic carbocycles. The molecule has 0 spiro atoms. The second-order valence-electron chi connectivity index (χ2n) is 7.74. The molecule has 0 radical (unpaired) electrons. The van der Waals surface area contributed by atoms with Crippen LogP contribution in [-0.4, -0.2) is 26.1 Å². The monoisotopic (exact) mass is 446 g/mol. The Bertz CT molecular complexity index is 1470. The predicted molar refractivity (Wildman–Crippen MR) is 124 cm³/mol. The van der Waals surface area contributed by atoms with Crippen LogP contribution in [0.3, 0.4) is 0 Å². The number of H-pyrrole nitrogens is 1. The molecule has 0 fully saturated rings. The summed E-state index contributed by atoms with van der Waals surface area (Å²) < 4.78 is 1.37. The van der Waals surface area contributed by atoms with Gasteiger partial charge in [0.15, 0.2) is 17.5 Å². The quantitative estimate of drug-likeness (QED) is 0.340. The van der Waals surface area contributed by atoms with Gasteiger partial charge < -0.3 is 4.98 Å². The summed E-state index contributed by atoms with van der Waals surface area (Å²) in [5, 5.41) is 10.9. The second-order valence-corrected chi connectivity index (χ2v) is 8.95. The summed E-state index contributed by atoms with van der Waals surface area (Å²) in [7, 11) is 0. The second kappa shape index (κ2) is 8.52. The van der Waals surface area contributed by atoms with Crippen LogP contribution in [0, 0.1) is 31.1 Å². The van der Waals surface area contributed by atoms with E-state index in [0.29, 0.717) is 21.2 Å². The molecule has 1 N–H and O–H groups in total. The SMILES string of the molecule is CCc1cccc2c(C(=O)[C@H](C#N)C(=O)CCn3cnc4sc(C)c(C)c4c3=O)c[nH]c12. The molecule has 162 valence electrons. The predicted octanol–water partition coefficient (Wildman–Crippen LogP) is 4.10. The number of ketones is 2. The fourth-order valence-corrected chi connectivity index (χ4v) is 4.94. The zero-order chi connectivity index (χ0) is 23.0. The Hall–Kier alpha value is -3.57. The van der Waals surface area contributed by atoms with Crippen molar-refractivity contribution in [3.05, 3.63) is 62.6 Å². The molecule has 0 unspecified atom stereocenters. The van der Waals surface area contributed by atoms with Crippen LogP contribution in [0.4, 0.5) is 0 Å². The maximum atomic E-state index is 13.0. The topological polar surface area (TPSA) is 109 Å². The number of rotatable bonds is 7. The van der Waals surface area contributed by atoms with Gasteiger partial charge in [-0.25, -0.2) is 4.98 Å². The molecule has 3 aromatic heterocycles. The Morgan fingerprint density at radius 1 is 1.31 bits per heavy atom. The van der Waals surface area contributed by atoms with Gasteiger partial charge in [-0.1, -0.05) is 25.1 Å². The van der Waals surface area contributed by atoms with Crippen molar-refractivity contribution in [3.63, 3.8) is 0 Å². The summed E-state index contributed by atoms with van der Waals surface area (Å²) in [6.07, 6.45) is 3.67.